The highest BCUT2D eigenvalue weighted by atomic mass is 16.1. The second-order valence-electron chi connectivity index (χ2n) is 4.70. The predicted octanol–water partition coefficient (Wildman–Crippen LogP) is 2.65. The molecular formula is C15H16N2O. The Kier molecular flexibility index (Phi) is 3.47. The first-order valence-corrected chi connectivity index (χ1v) is 6.12. The molecule has 0 unspecified atom stereocenters. The van der Waals surface area contributed by atoms with Crippen LogP contribution < -0.4 is 5.32 Å². The van der Waals surface area contributed by atoms with Gasteiger partial charge in [0.15, 0.2) is 0 Å². The Morgan fingerprint density at radius 2 is 1.94 bits per heavy atom. The Labute approximate surface area is 107 Å². The van der Waals surface area contributed by atoms with E-state index in [1.54, 1.807) is 0 Å². The van der Waals surface area contributed by atoms with E-state index in [1.165, 1.54) is 0 Å². The number of carbonyl (C=O) groups is 1. The number of rotatable bonds is 2. The van der Waals surface area contributed by atoms with Crippen LogP contribution in [-0.4, -0.2) is 12.3 Å². The summed E-state index contributed by atoms with van der Waals surface area (Å²) in [6.07, 6.45) is 1.78. The topological polar surface area (TPSA) is 52.9 Å². The molecule has 0 bridgehead atoms. The number of benzene rings is 1. The third-order valence-corrected chi connectivity index (χ3v) is 3.07. The molecule has 1 saturated heterocycles. The third-order valence-electron chi connectivity index (χ3n) is 3.07. The Morgan fingerprint density at radius 3 is 2.44 bits per heavy atom. The lowest BCUT2D eigenvalue weighted by Gasteiger charge is -2.06. The molecule has 1 aromatic rings. The Morgan fingerprint density at radius 1 is 1.28 bits per heavy atom. The highest BCUT2D eigenvalue weighted by Crippen LogP contribution is 2.19. The van der Waals surface area contributed by atoms with E-state index in [0.717, 1.165) is 36.2 Å². The van der Waals surface area contributed by atoms with Gasteiger partial charge in [-0.1, -0.05) is 17.2 Å². The fourth-order valence-corrected chi connectivity index (χ4v) is 2.31. The largest absolute Gasteiger partial charge is 0.387 e. The van der Waals surface area contributed by atoms with Crippen LogP contribution in [0.4, 0.5) is 0 Å². The molecule has 0 radical (unpaired) electrons. The van der Waals surface area contributed by atoms with E-state index in [4.69, 9.17) is 0 Å². The van der Waals surface area contributed by atoms with Crippen molar-refractivity contribution in [3.05, 3.63) is 46.2 Å². The molecule has 1 aromatic carbocycles. The summed E-state index contributed by atoms with van der Waals surface area (Å²) in [4.78, 5) is 12.3. The molecule has 2 rings (SSSR count). The number of ketones is 1. The molecule has 1 aliphatic rings. The number of hydrogen-bond donors (Lipinski definition) is 1. The van der Waals surface area contributed by atoms with Gasteiger partial charge >= 0.3 is 0 Å². The van der Waals surface area contributed by atoms with Crippen LogP contribution in [0.15, 0.2) is 29.5 Å². The zero-order valence-electron chi connectivity index (χ0n) is 10.7. The fraction of sp³-hybridized carbons (Fsp3) is 0.333. The number of nitriles is 1. The van der Waals surface area contributed by atoms with Crippen molar-refractivity contribution in [1.82, 2.24) is 5.32 Å². The normalized spacial score (nSPS) is 16.9. The van der Waals surface area contributed by atoms with Gasteiger partial charge in [-0.2, -0.15) is 5.26 Å². The van der Waals surface area contributed by atoms with Crippen molar-refractivity contribution in [1.29, 1.82) is 5.26 Å². The number of nitrogens with zero attached hydrogens (tertiary/aromatic N) is 1. The van der Waals surface area contributed by atoms with Crippen LogP contribution in [0.3, 0.4) is 0 Å². The molecular weight excluding hydrogens is 224 g/mol. The highest BCUT2D eigenvalue weighted by molar-refractivity contribution is 6.12. The quantitative estimate of drug-likeness (QED) is 0.491. The van der Waals surface area contributed by atoms with Crippen molar-refractivity contribution in [2.45, 2.75) is 26.7 Å². The molecule has 0 atom stereocenters. The SMILES string of the molecule is Cc1cc(C)cc(C(=O)/C(C#N)=C2\CCCN2)c1. The van der Waals surface area contributed by atoms with Crippen molar-refractivity contribution in [2.24, 2.45) is 0 Å². The highest BCUT2D eigenvalue weighted by Gasteiger charge is 2.19. The number of allylic oxidation sites excluding steroid dienone is 2. The summed E-state index contributed by atoms with van der Waals surface area (Å²) in [5, 5.41) is 12.3. The third kappa shape index (κ3) is 2.43. The fourth-order valence-electron chi connectivity index (χ4n) is 2.31. The molecule has 0 spiro atoms. The van der Waals surface area contributed by atoms with Gasteiger partial charge in [-0.15, -0.1) is 0 Å². The second-order valence-corrected chi connectivity index (χ2v) is 4.70. The Balaban J connectivity index is 2.41. The maximum Gasteiger partial charge on any atom is 0.205 e. The summed E-state index contributed by atoms with van der Waals surface area (Å²) in [5.41, 5.74) is 3.74. The molecule has 1 aliphatic heterocycles. The van der Waals surface area contributed by atoms with Crippen LogP contribution in [-0.2, 0) is 0 Å². The zero-order valence-corrected chi connectivity index (χ0v) is 10.7. The summed E-state index contributed by atoms with van der Waals surface area (Å²) in [6.45, 7) is 4.76. The maximum absolute atomic E-state index is 12.3. The van der Waals surface area contributed by atoms with E-state index in [2.05, 4.69) is 5.32 Å². The van der Waals surface area contributed by atoms with Gasteiger partial charge < -0.3 is 5.32 Å². The number of carbonyl (C=O) groups excluding carboxylic acids is 1. The first kappa shape index (κ1) is 12.4. The minimum atomic E-state index is -0.172. The summed E-state index contributed by atoms with van der Waals surface area (Å²) in [5.74, 6) is -0.172. The van der Waals surface area contributed by atoms with E-state index >= 15 is 0 Å². The maximum atomic E-state index is 12.3. The van der Waals surface area contributed by atoms with Crippen molar-refractivity contribution >= 4 is 5.78 Å². The van der Waals surface area contributed by atoms with Gasteiger partial charge in [0.2, 0.25) is 5.78 Å². The van der Waals surface area contributed by atoms with E-state index in [9.17, 15) is 10.1 Å². The number of aryl methyl sites for hydroxylation is 2. The lowest BCUT2D eigenvalue weighted by molar-refractivity contribution is 0.103. The van der Waals surface area contributed by atoms with Gasteiger partial charge in [0.05, 0.1) is 0 Å². The van der Waals surface area contributed by atoms with Gasteiger partial charge in [-0.05, 0) is 38.8 Å². The molecule has 18 heavy (non-hydrogen) atoms. The second kappa shape index (κ2) is 5.05. The standard InChI is InChI=1S/C15H16N2O/c1-10-6-11(2)8-12(7-10)15(18)13(9-16)14-4-3-5-17-14/h6-8,17H,3-5H2,1-2H3/b14-13+. The number of nitrogens with one attached hydrogen (secondary N) is 1. The molecule has 0 aliphatic carbocycles. The minimum Gasteiger partial charge on any atom is -0.387 e. The molecule has 3 heteroatoms. The average molecular weight is 240 g/mol. The van der Waals surface area contributed by atoms with E-state index in [-0.39, 0.29) is 11.4 Å². The smallest absolute Gasteiger partial charge is 0.205 e. The minimum absolute atomic E-state index is 0.172. The molecule has 0 saturated carbocycles. The lowest BCUT2D eigenvalue weighted by Crippen LogP contribution is -2.12. The Bertz CT molecular complexity index is 536. The summed E-state index contributed by atoms with van der Waals surface area (Å²) >= 11 is 0. The van der Waals surface area contributed by atoms with Crippen LogP contribution in [0.2, 0.25) is 0 Å². The van der Waals surface area contributed by atoms with Crippen LogP contribution in [0, 0.1) is 25.2 Å². The number of hydrogen-bond acceptors (Lipinski definition) is 3. The van der Waals surface area contributed by atoms with E-state index < -0.39 is 0 Å². The van der Waals surface area contributed by atoms with Crippen LogP contribution in [0.5, 0.6) is 0 Å². The van der Waals surface area contributed by atoms with Gasteiger partial charge in [-0.25, -0.2) is 0 Å². The van der Waals surface area contributed by atoms with E-state index in [1.807, 2.05) is 38.1 Å². The monoisotopic (exact) mass is 240 g/mol. The zero-order chi connectivity index (χ0) is 13.1. The predicted molar refractivity (Wildman–Crippen MR) is 70.1 cm³/mol. The summed E-state index contributed by atoms with van der Waals surface area (Å²) in [7, 11) is 0. The molecule has 3 nitrogen and oxygen atoms in total. The van der Waals surface area contributed by atoms with Gasteiger partial charge in [0.25, 0.3) is 0 Å². The molecule has 0 amide bonds. The average Bonchev–Trinajstić information content (AvgIpc) is 2.82. The van der Waals surface area contributed by atoms with Crippen LogP contribution >= 0.6 is 0 Å². The molecule has 1 heterocycles. The van der Waals surface area contributed by atoms with Crippen molar-refractivity contribution in [2.75, 3.05) is 6.54 Å². The summed E-state index contributed by atoms with van der Waals surface area (Å²) < 4.78 is 0. The first-order chi connectivity index (χ1) is 8.61. The lowest BCUT2D eigenvalue weighted by atomic mass is 9.98. The Hall–Kier alpha value is -2.08. The van der Waals surface area contributed by atoms with Crippen molar-refractivity contribution < 1.29 is 4.79 Å². The number of Topliss-reactive ketones (excluding diaryl/α,β-unsaturated/α-hetero) is 1. The molecule has 1 N–H and O–H groups in total. The van der Waals surface area contributed by atoms with Crippen LogP contribution in [0.25, 0.3) is 0 Å². The van der Waals surface area contributed by atoms with Gasteiger partial charge in [-0.3, -0.25) is 4.79 Å². The molecule has 1 fully saturated rings. The van der Waals surface area contributed by atoms with Gasteiger partial charge in [0.1, 0.15) is 11.6 Å². The summed E-state index contributed by atoms with van der Waals surface area (Å²) in [6, 6.07) is 7.74. The van der Waals surface area contributed by atoms with Crippen LogP contribution in [0.1, 0.15) is 34.3 Å². The molecule has 0 aromatic heterocycles. The van der Waals surface area contributed by atoms with Crippen molar-refractivity contribution in [3.63, 3.8) is 0 Å². The van der Waals surface area contributed by atoms with Crippen molar-refractivity contribution in [3.8, 4) is 6.07 Å². The van der Waals surface area contributed by atoms with Gasteiger partial charge in [0, 0.05) is 17.8 Å². The first-order valence-electron chi connectivity index (χ1n) is 6.12. The van der Waals surface area contributed by atoms with E-state index in [0.29, 0.717) is 5.56 Å². The molecule has 92 valence electrons.